The molecular formula is C59H65BN2. The smallest absolute Gasteiger partial charge is 0.252 e. The van der Waals surface area contributed by atoms with E-state index in [2.05, 4.69) is 191 Å². The molecule has 0 unspecified atom stereocenters. The van der Waals surface area contributed by atoms with E-state index in [-0.39, 0.29) is 39.2 Å². The molecule has 0 fully saturated rings. The van der Waals surface area contributed by atoms with E-state index in [0.29, 0.717) is 5.56 Å². The maximum atomic E-state index is 9.11. The third-order valence-corrected chi connectivity index (χ3v) is 16.2. The molecule has 6 aromatic rings. The van der Waals surface area contributed by atoms with Crippen LogP contribution < -0.4 is 26.2 Å². The Kier molecular flexibility index (Phi) is 7.27. The van der Waals surface area contributed by atoms with Gasteiger partial charge in [-0.1, -0.05) is 144 Å². The van der Waals surface area contributed by atoms with Gasteiger partial charge in [-0.15, -0.1) is 0 Å². The van der Waals surface area contributed by atoms with Crippen LogP contribution in [0, 0.1) is 13.8 Å². The lowest BCUT2D eigenvalue weighted by Gasteiger charge is -2.45. The summed E-state index contributed by atoms with van der Waals surface area (Å²) in [5.41, 5.74) is 22.4. The number of hydrogen-bond acceptors (Lipinski definition) is 2. The average molecular weight is 816 g/mol. The molecule has 2 aliphatic heterocycles. The standard InChI is InChI=1S/C59H65BN2/c1-35-24-51-53-52(25-35)62(49-30-44-41(26-36(49)2)55(5,6)33-58(44,11)12)50-31-45-43(57(9,10)34-59(45,13)14)29-47(50)60(53)46-27-38(37-18-16-15-17-19-37)20-23-48(46)61(51)39-21-22-40-42(28-39)56(7,8)32-54(40,3)4/h15-31H,32-34H2,1-14H3/i1D3. The van der Waals surface area contributed by atoms with E-state index in [0.717, 1.165) is 58.8 Å². The molecule has 0 bridgehead atoms. The van der Waals surface area contributed by atoms with Gasteiger partial charge < -0.3 is 9.80 Å². The van der Waals surface area contributed by atoms with Crippen molar-refractivity contribution in [3.8, 4) is 11.1 Å². The van der Waals surface area contributed by atoms with Crippen LogP contribution in [0.15, 0.2) is 103 Å². The minimum atomic E-state index is -2.34. The highest BCUT2D eigenvalue weighted by atomic mass is 15.2. The summed E-state index contributed by atoms with van der Waals surface area (Å²) in [6.45, 7) is 28.5. The minimum absolute atomic E-state index is 0.0166. The highest BCUT2D eigenvalue weighted by molar-refractivity contribution is 7.00. The van der Waals surface area contributed by atoms with E-state index < -0.39 is 6.85 Å². The monoisotopic (exact) mass is 816 g/mol. The molecule has 0 N–H and O–H groups in total. The molecule has 0 aromatic heterocycles. The van der Waals surface area contributed by atoms with Crippen LogP contribution >= 0.6 is 0 Å². The lowest BCUT2D eigenvalue weighted by atomic mass is 9.33. The van der Waals surface area contributed by atoms with Gasteiger partial charge >= 0.3 is 0 Å². The molecule has 3 heteroatoms. The Morgan fingerprint density at radius 1 is 0.435 bits per heavy atom. The maximum Gasteiger partial charge on any atom is 0.252 e. The van der Waals surface area contributed by atoms with Crippen molar-refractivity contribution in [1.82, 2.24) is 0 Å². The lowest BCUT2D eigenvalue weighted by Crippen LogP contribution is -2.61. The summed E-state index contributed by atoms with van der Waals surface area (Å²) in [6, 6.07) is 38.9. The van der Waals surface area contributed by atoms with Gasteiger partial charge in [-0.2, -0.15) is 0 Å². The predicted octanol–water partition coefficient (Wildman–Crippen LogP) is 13.9. The topological polar surface area (TPSA) is 6.48 Å². The molecule has 2 heterocycles. The van der Waals surface area contributed by atoms with Crippen molar-refractivity contribution in [3.05, 3.63) is 148 Å². The fraction of sp³-hybridized carbons (Fsp3) is 0.390. The van der Waals surface area contributed by atoms with Gasteiger partial charge in [-0.3, -0.25) is 0 Å². The summed E-state index contributed by atoms with van der Waals surface area (Å²) < 4.78 is 27.3. The Labute approximate surface area is 377 Å². The number of benzene rings is 6. The van der Waals surface area contributed by atoms with Gasteiger partial charge in [0, 0.05) is 38.2 Å². The molecular weight excluding hydrogens is 747 g/mol. The Morgan fingerprint density at radius 2 is 0.952 bits per heavy atom. The fourth-order valence-electron chi connectivity index (χ4n) is 14.3. The van der Waals surface area contributed by atoms with Gasteiger partial charge in [0.25, 0.3) is 6.71 Å². The largest absolute Gasteiger partial charge is 0.311 e. The van der Waals surface area contributed by atoms with Gasteiger partial charge in [0.15, 0.2) is 0 Å². The third kappa shape index (κ3) is 5.48. The SMILES string of the molecule is [2H]C([2H])([2H])c1cc2c3c(c1)N(c1cc4c(cc1C)C(C)(C)CC4(C)C)c1cc4c(cc1B3c1cc(-c3ccccc3)ccc1N2c1ccc2c(c1)C(C)(C)CC2(C)C)C(C)(C)CC4(C)C. The molecule has 6 aromatic carbocycles. The van der Waals surface area contributed by atoms with Crippen LogP contribution in [-0.4, -0.2) is 6.71 Å². The normalized spacial score (nSPS) is 21.5. The molecule has 0 saturated heterocycles. The summed E-state index contributed by atoms with van der Waals surface area (Å²) in [6.07, 6.45) is 3.19. The van der Waals surface area contributed by atoms with E-state index in [1.54, 1.807) is 0 Å². The van der Waals surface area contributed by atoms with Crippen LogP contribution in [0.25, 0.3) is 11.1 Å². The summed E-state index contributed by atoms with van der Waals surface area (Å²) in [7, 11) is 0. The summed E-state index contributed by atoms with van der Waals surface area (Å²) in [5, 5.41) is 0. The fourth-order valence-corrected chi connectivity index (χ4v) is 14.3. The molecule has 62 heavy (non-hydrogen) atoms. The van der Waals surface area contributed by atoms with Crippen molar-refractivity contribution in [2.24, 2.45) is 0 Å². The Bertz CT molecular complexity index is 3040. The molecule has 0 atom stereocenters. The van der Waals surface area contributed by atoms with Gasteiger partial charge in [0.05, 0.1) is 0 Å². The maximum absolute atomic E-state index is 9.11. The number of nitrogens with zero attached hydrogens (tertiary/aromatic N) is 2. The predicted molar refractivity (Wildman–Crippen MR) is 267 cm³/mol. The molecule has 314 valence electrons. The van der Waals surface area contributed by atoms with Crippen molar-refractivity contribution in [3.63, 3.8) is 0 Å². The second-order valence-corrected chi connectivity index (χ2v) is 23.9. The second-order valence-electron chi connectivity index (χ2n) is 23.9. The number of anilines is 6. The third-order valence-electron chi connectivity index (χ3n) is 16.2. The Morgan fingerprint density at radius 3 is 1.56 bits per heavy atom. The van der Waals surface area contributed by atoms with Crippen molar-refractivity contribution >= 4 is 57.2 Å². The van der Waals surface area contributed by atoms with Gasteiger partial charge in [0.1, 0.15) is 0 Å². The summed E-state index contributed by atoms with van der Waals surface area (Å²) in [4.78, 5) is 4.91. The van der Waals surface area contributed by atoms with Crippen molar-refractivity contribution in [2.75, 3.05) is 9.80 Å². The van der Waals surface area contributed by atoms with Crippen molar-refractivity contribution in [2.45, 2.75) is 149 Å². The number of hydrogen-bond donors (Lipinski definition) is 0. The zero-order valence-corrected chi connectivity index (χ0v) is 39.4. The van der Waals surface area contributed by atoms with Gasteiger partial charge in [-0.05, 0) is 180 Å². The zero-order chi connectivity index (χ0) is 46.3. The lowest BCUT2D eigenvalue weighted by molar-refractivity contribution is 0.402. The van der Waals surface area contributed by atoms with Crippen LogP contribution in [0.4, 0.5) is 34.1 Å². The minimum Gasteiger partial charge on any atom is -0.311 e. The van der Waals surface area contributed by atoms with Crippen LogP contribution in [0.5, 0.6) is 0 Å². The quantitative estimate of drug-likeness (QED) is 0.164. The highest BCUT2D eigenvalue weighted by Crippen LogP contribution is 2.56. The Hall–Kier alpha value is -5.02. The highest BCUT2D eigenvalue weighted by Gasteiger charge is 2.50. The first-order valence-electron chi connectivity index (χ1n) is 24.7. The average Bonchev–Trinajstić information content (AvgIpc) is 3.61. The van der Waals surface area contributed by atoms with E-state index in [1.165, 1.54) is 61.0 Å². The number of rotatable bonds is 3. The van der Waals surface area contributed by atoms with Crippen molar-refractivity contribution in [1.29, 1.82) is 0 Å². The summed E-state index contributed by atoms with van der Waals surface area (Å²) >= 11 is 0. The molecule has 11 rings (SSSR count). The summed E-state index contributed by atoms with van der Waals surface area (Å²) in [5.74, 6) is 0. The zero-order valence-electron chi connectivity index (χ0n) is 42.4. The number of fused-ring (bicyclic) bond motifs is 7. The first-order valence-corrected chi connectivity index (χ1v) is 23.2. The van der Waals surface area contributed by atoms with Crippen LogP contribution in [0.3, 0.4) is 0 Å². The second kappa shape index (κ2) is 12.4. The molecule has 0 amide bonds. The van der Waals surface area contributed by atoms with Gasteiger partial charge in [-0.25, -0.2) is 0 Å². The van der Waals surface area contributed by atoms with E-state index in [4.69, 9.17) is 4.11 Å². The molecule has 2 nitrogen and oxygen atoms in total. The molecule has 3 aliphatic carbocycles. The van der Waals surface area contributed by atoms with E-state index in [9.17, 15) is 0 Å². The molecule has 0 spiro atoms. The first-order chi connectivity index (χ1) is 30.2. The van der Waals surface area contributed by atoms with E-state index in [1.807, 2.05) is 12.1 Å². The van der Waals surface area contributed by atoms with Crippen LogP contribution in [0.1, 0.15) is 151 Å². The van der Waals surface area contributed by atoms with Crippen LogP contribution in [0.2, 0.25) is 0 Å². The van der Waals surface area contributed by atoms with Crippen molar-refractivity contribution < 1.29 is 4.11 Å². The first kappa shape index (κ1) is 36.5. The number of aryl methyl sites for hydroxylation is 2. The Balaban J connectivity index is 1.28. The van der Waals surface area contributed by atoms with E-state index >= 15 is 0 Å². The molecule has 5 aliphatic rings. The molecule has 0 radical (unpaired) electrons. The van der Waals surface area contributed by atoms with Crippen LogP contribution in [-0.2, 0) is 32.5 Å². The molecule has 0 saturated carbocycles. The van der Waals surface area contributed by atoms with Gasteiger partial charge in [0.2, 0.25) is 0 Å².